The quantitative estimate of drug-likeness (QED) is 0.506. The van der Waals surface area contributed by atoms with E-state index >= 15 is 0 Å². The van der Waals surface area contributed by atoms with Crippen LogP contribution in [0.3, 0.4) is 0 Å². The number of nitrogens with one attached hydrogen (secondary N) is 1. The molecular weight excluding hydrogens is 486 g/mol. The van der Waals surface area contributed by atoms with Gasteiger partial charge in [-0.2, -0.15) is 5.26 Å². The van der Waals surface area contributed by atoms with E-state index in [4.69, 9.17) is 5.26 Å². The molecule has 0 aromatic carbocycles. The highest BCUT2D eigenvalue weighted by Gasteiger charge is 2.60. The fraction of sp³-hybridized carbons (Fsp3) is 0.458. The van der Waals surface area contributed by atoms with Crippen LogP contribution in [-0.4, -0.2) is 69.0 Å². The molecule has 1 fully saturated rings. The van der Waals surface area contributed by atoms with E-state index in [1.54, 1.807) is 6.07 Å². The number of pyridine rings is 2. The van der Waals surface area contributed by atoms with Crippen molar-refractivity contribution in [2.75, 3.05) is 19.7 Å². The van der Waals surface area contributed by atoms with Gasteiger partial charge in [-0.25, -0.2) is 13.4 Å². The Kier molecular flexibility index (Phi) is 6.49. The van der Waals surface area contributed by atoms with Gasteiger partial charge in [-0.1, -0.05) is 6.07 Å². The number of carbonyl (C=O) groups is 2. The third-order valence-corrected chi connectivity index (χ3v) is 10.1. The summed E-state index contributed by atoms with van der Waals surface area (Å²) in [5.41, 5.74) is 0.269. The van der Waals surface area contributed by atoms with E-state index < -0.39 is 43.3 Å². The highest BCUT2D eigenvalue weighted by atomic mass is 32.2. The van der Waals surface area contributed by atoms with E-state index in [2.05, 4.69) is 10.3 Å². The molecule has 36 heavy (non-hydrogen) atoms. The largest absolute Gasteiger partial charge is 0.395 e. The zero-order chi connectivity index (χ0) is 26.3. The number of rotatable bonds is 8. The van der Waals surface area contributed by atoms with Gasteiger partial charge in [0.2, 0.25) is 0 Å². The maximum atomic E-state index is 13.2. The van der Waals surface area contributed by atoms with Crippen LogP contribution in [0.15, 0.2) is 35.3 Å². The summed E-state index contributed by atoms with van der Waals surface area (Å²) in [6.45, 7) is 2.78. The number of amides is 2. The van der Waals surface area contributed by atoms with Crippen molar-refractivity contribution in [2.45, 2.75) is 49.3 Å². The van der Waals surface area contributed by atoms with Gasteiger partial charge in [0.25, 0.3) is 17.4 Å². The number of nitriles is 1. The van der Waals surface area contributed by atoms with Crippen molar-refractivity contribution in [1.29, 1.82) is 5.26 Å². The Labute approximate surface area is 208 Å². The van der Waals surface area contributed by atoms with Crippen LogP contribution in [-0.2, 0) is 22.9 Å². The van der Waals surface area contributed by atoms with Crippen LogP contribution in [0.5, 0.6) is 0 Å². The second-order valence-electron chi connectivity index (χ2n) is 9.77. The van der Waals surface area contributed by atoms with Crippen LogP contribution in [0.4, 0.5) is 0 Å². The topological polar surface area (TPSA) is 162 Å². The Morgan fingerprint density at radius 2 is 1.94 bits per heavy atom. The summed E-state index contributed by atoms with van der Waals surface area (Å²) in [5, 5.41) is 21.0. The molecule has 0 unspecified atom stereocenters. The summed E-state index contributed by atoms with van der Waals surface area (Å²) >= 11 is 0. The molecule has 4 rings (SSSR count). The van der Waals surface area contributed by atoms with E-state index in [1.807, 2.05) is 6.07 Å². The number of sulfone groups is 1. The lowest BCUT2D eigenvalue weighted by Crippen LogP contribution is -2.53. The smallest absolute Gasteiger partial charge is 0.270 e. The fourth-order valence-electron chi connectivity index (χ4n) is 4.34. The van der Waals surface area contributed by atoms with E-state index in [0.29, 0.717) is 18.4 Å². The number of aliphatic hydroxyl groups excluding tert-OH is 1. The maximum absolute atomic E-state index is 13.2. The van der Waals surface area contributed by atoms with Crippen molar-refractivity contribution in [3.05, 3.63) is 63.3 Å². The summed E-state index contributed by atoms with van der Waals surface area (Å²) in [5.74, 6) is -1.08. The number of carbonyl (C=O) groups excluding carboxylic acids is 2. The van der Waals surface area contributed by atoms with Crippen LogP contribution < -0.4 is 10.9 Å². The van der Waals surface area contributed by atoms with Crippen molar-refractivity contribution in [3.8, 4) is 6.07 Å². The lowest BCUT2D eigenvalue weighted by molar-refractivity contribution is 0.0694. The van der Waals surface area contributed by atoms with Crippen LogP contribution >= 0.6 is 0 Å². The number of hydrogen-bond donors (Lipinski definition) is 2. The summed E-state index contributed by atoms with van der Waals surface area (Å²) in [6, 6.07) is 7.77. The van der Waals surface area contributed by atoms with Crippen molar-refractivity contribution in [3.63, 3.8) is 0 Å². The molecule has 0 saturated heterocycles. The minimum atomic E-state index is -3.72. The van der Waals surface area contributed by atoms with Crippen LogP contribution in [0, 0.1) is 11.3 Å². The summed E-state index contributed by atoms with van der Waals surface area (Å²) < 4.78 is 25.1. The van der Waals surface area contributed by atoms with Gasteiger partial charge in [-0.15, -0.1) is 0 Å². The van der Waals surface area contributed by atoms with Gasteiger partial charge in [0.15, 0.2) is 9.84 Å². The molecule has 2 aliphatic rings. The van der Waals surface area contributed by atoms with E-state index in [1.165, 1.54) is 47.7 Å². The number of hydrogen-bond acceptors (Lipinski definition) is 8. The van der Waals surface area contributed by atoms with Crippen LogP contribution in [0.1, 0.15) is 58.8 Å². The van der Waals surface area contributed by atoms with E-state index in [-0.39, 0.29) is 43.1 Å². The zero-order valence-corrected chi connectivity index (χ0v) is 20.8. The van der Waals surface area contributed by atoms with Gasteiger partial charge in [0.05, 0.1) is 16.1 Å². The Balaban J connectivity index is 1.49. The van der Waals surface area contributed by atoms with Crippen molar-refractivity contribution in [1.82, 2.24) is 19.8 Å². The average Bonchev–Trinajstić information content (AvgIpc) is 3.66. The van der Waals surface area contributed by atoms with Gasteiger partial charge in [0.1, 0.15) is 23.0 Å². The third-order valence-electron chi connectivity index (χ3n) is 6.88. The normalized spacial score (nSPS) is 16.7. The number of nitrogens with zero attached hydrogens (tertiary/aromatic N) is 4. The molecule has 11 nitrogen and oxygen atoms in total. The van der Waals surface area contributed by atoms with Crippen molar-refractivity contribution >= 4 is 21.7 Å². The monoisotopic (exact) mass is 513 g/mol. The predicted molar refractivity (Wildman–Crippen MR) is 129 cm³/mol. The standard InChI is InChI=1S/C24H27N5O6S/c1-23(2,15-30)36(34,35)24(7-8-24)14-28-9-10-29-19(22(28)33)6-5-18(21(29)32)20(31)27-13-16-3-4-17(11-25)26-12-16/h3-6,12,30H,7-10,13-15H2,1-2H3,(H,27,31). The van der Waals surface area contributed by atoms with Crippen LogP contribution in [0.2, 0.25) is 0 Å². The molecule has 2 N–H and O–H groups in total. The van der Waals surface area contributed by atoms with Gasteiger partial charge in [-0.05, 0) is 50.5 Å². The van der Waals surface area contributed by atoms with E-state index in [9.17, 15) is 27.9 Å². The first-order chi connectivity index (χ1) is 17.0. The first kappa shape index (κ1) is 25.5. The summed E-state index contributed by atoms with van der Waals surface area (Å²) in [4.78, 5) is 44.2. The van der Waals surface area contributed by atoms with Gasteiger partial charge in [-0.3, -0.25) is 14.4 Å². The molecule has 1 aliphatic heterocycles. The Morgan fingerprint density at radius 3 is 2.53 bits per heavy atom. The molecule has 12 heteroatoms. The predicted octanol–water partition coefficient (Wildman–Crippen LogP) is 0.219. The Morgan fingerprint density at radius 1 is 1.22 bits per heavy atom. The maximum Gasteiger partial charge on any atom is 0.270 e. The van der Waals surface area contributed by atoms with Gasteiger partial charge < -0.3 is 19.9 Å². The molecule has 0 atom stereocenters. The highest BCUT2D eigenvalue weighted by Crippen LogP contribution is 2.49. The molecule has 0 spiro atoms. The lowest BCUT2D eigenvalue weighted by atomic mass is 10.1. The second kappa shape index (κ2) is 9.15. The first-order valence-electron chi connectivity index (χ1n) is 11.5. The number of fused-ring (bicyclic) bond motifs is 1. The molecule has 0 radical (unpaired) electrons. The Bertz CT molecular complexity index is 1420. The third kappa shape index (κ3) is 4.29. The molecule has 2 amide bonds. The lowest BCUT2D eigenvalue weighted by Gasteiger charge is -2.35. The average molecular weight is 514 g/mol. The van der Waals surface area contributed by atoms with Crippen molar-refractivity contribution < 1.29 is 23.1 Å². The molecule has 2 aromatic rings. The summed E-state index contributed by atoms with van der Waals surface area (Å²) in [7, 11) is -3.72. The van der Waals surface area contributed by atoms with Gasteiger partial charge >= 0.3 is 0 Å². The summed E-state index contributed by atoms with van der Waals surface area (Å²) in [6.07, 6.45) is 2.27. The molecule has 190 valence electrons. The number of aliphatic hydroxyl groups is 1. The fourth-order valence-corrected chi connectivity index (χ4v) is 6.65. The minimum Gasteiger partial charge on any atom is -0.395 e. The molecule has 1 aliphatic carbocycles. The highest BCUT2D eigenvalue weighted by molar-refractivity contribution is 7.94. The van der Waals surface area contributed by atoms with Gasteiger partial charge in [0, 0.05) is 32.4 Å². The van der Waals surface area contributed by atoms with Crippen LogP contribution in [0.25, 0.3) is 0 Å². The number of aromatic nitrogens is 2. The molecular formula is C24H27N5O6S. The Hall–Kier alpha value is -3.56. The molecule has 3 heterocycles. The van der Waals surface area contributed by atoms with Crippen molar-refractivity contribution in [2.24, 2.45) is 0 Å². The zero-order valence-electron chi connectivity index (χ0n) is 20.0. The first-order valence-corrected chi connectivity index (χ1v) is 13.0. The minimum absolute atomic E-state index is 0.00729. The van der Waals surface area contributed by atoms with E-state index in [0.717, 1.165) is 0 Å². The SMILES string of the molecule is CC(C)(CO)S(=O)(=O)C1(CN2CCn3c(ccc(C(=O)NCc4ccc(C#N)nc4)c3=O)C2=O)CC1. The molecule has 2 aromatic heterocycles. The molecule has 1 saturated carbocycles. The molecule has 0 bridgehead atoms. The second-order valence-corrected chi connectivity index (χ2v) is 12.7.